The average Bonchev–Trinajstić information content (AvgIpc) is 2.67. The molecule has 3 rings (SSSR count). The number of esters is 1. The molecule has 0 amide bonds. The van der Waals surface area contributed by atoms with Crippen LogP contribution in [0.3, 0.4) is 0 Å². The summed E-state index contributed by atoms with van der Waals surface area (Å²) in [4.78, 5) is 28.5. The maximum atomic E-state index is 12.1. The first-order valence-corrected chi connectivity index (χ1v) is 7.80. The van der Waals surface area contributed by atoms with Crippen molar-refractivity contribution in [1.29, 1.82) is 0 Å². The molecule has 2 aromatic carbocycles. The highest BCUT2D eigenvalue weighted by molar-refractivity contribution is 5.90. The van der Waals surface area contributed by atoms with Crippen LogP contribution in [0.15, 0.2) is 94.9 Å². The summed E-state index contributed by atoms with van der Waals surface area (Å²) in [6.45, 7) is 7.11. The molecule has 0 radical (unpaired) electrons. The van der Waals surface area contributed by atoms with E-state index in [1.807, 2.05) is 0 Å². The fourth-order valence-electron chi connectivity index (χ4n) is 2.32. The molecule has 0 saturated carbocycles. The maximum absolute atomic E-state index is 12.1. The molecular formula is C21H15NO4. The second-order valence-electron chi connectivity index (χ2n) is 5.30. The van der Waals surface area contributed by atoms with E-state index in [0.717, 1.165) is 0 Å². The zero-order chi connectivity index (χ0) is 18.5. The van der Waals surface area contributed by atoms with Crippen molar-refractivity contribution in [2.24, 2.45) is 0 Å². The highest BCUT2D eigenvalue weighted by atomic mass is 16.5. The number of benzene rings is 2. The Balaban J connectivity index is 1.89. The van der Waals surface area contributed by atoms with E-state index in [1.54, 1.807) is 48.5 Å². The van der Waals surface area contributed by atoms with Crippen LogP contribution in [0.1, 0.15) is 10.4 Å². The van der Waals surface area contributed by atoms with Crippen molar-refractivity contribution in [1.82, 2.24) is 4.98 Å². The third-order valence-corrected chi connectivity index (χ3v) is 3.60. The Labute approximate surface area is 149 Å². The third kappa shape index (κ3) is 3.52. The van der Waals surface area contributed by atoms with Gasteiger partial charge in [0.15, 0.2) is 0 Å². The number of carbonyl (C=O) groups is 1. The zero-order valence-corrected chi connectivity index (χ0v) is 13.8. The minimum absolute atomic E-state index is 0.187. The minimum Gasteiger partial charge on any atom is -0.423 e. The molecule has 0 bridgehead atoms. The Kier molecular flexibility index (Phi) is 4.90. The van der Waals surface area contributed by atoms with Crippen LogP contribution in [0.2, 0.25) is 0 Å². The summed E-state index contributed by atoms with van der Waals surface area (Å²) in [5, 5.41) is 0.419. The number of allylic oxidation sites excluding steroid dienone is 3. The van der Waals surface area contributed by atoms with Crippen molar-refractivity contribution in [2.75, 3.05) is 0 Å². The Morgan fingerprint density at radius 3 is 2.50 bits per heavy atom. The molecule has 0 N–H and O–H groups in total. The SMILES string of the molecule is C=C/C=C(\C=C)OC(=O)c1ccc(-c2nc3ccccc3c(=O)o2)cc1. The molecule has 1 aromatic heterocycles. The fraction of sp³-hybridized carbons (Fsp3) is 0. The lowest BCUT2D eigenvalue weighted by molar-refractivity contribution is 0.0637. The molecular weight excluding hydrogens is 330 g/mol. The van der Waals surface area contributed by atoms with Gasteiger partial charge in [-0.1, -0.05) is 31.4 Å². The summed E-state index contributed by atoms with van der Waals surface area (Å²) in [6, 6.07) is 13.4. The van der Waals surface area contributed by atoms with E-state index in [0.29, 0.717) is 27.8 Å². The van der Waals surface area contributed by atoms with Crippen LogP contribution in [0, 0.1) is 0 Å². The predicted octanol–water partition coefficient (Wildman–Crippen LogP) is 4.27. The lowest BCUT2D eigenvalue weighted by atomic mass is 10.1. The first-order chi connectivity index (χ1) is 12.6. The molecule has 0 aliphatic carbocycles. The first-order valence-electron chi connectivity index (χ1n) is 7.80. The van der Waals surface area contributed by atoms with Crippen molar-refractivity contribution in [3.8, 4) is 11.5 Å². The molecule has 0 fully saturated rings. The van der Waals surface area contributed by atoms with Gasteiger partial charge in [-0.05, 0) is 48.6 Å². The monoisotopic (exact) mass is 345 g/mol. The Hall–Kier alpha value is -3.73. The first kappa shape index (κ1) is 17.1. The Morgan fingerprint density at radius 1 is 1.08 bits per heavy atom. The molecule has 5 heteroatoms. The molecule has 26 heavy (non-hydrogen) atoms. The number of hydrogen-bond acceptors (Lipinski definition) is 5. The van der Waals surface area contributed by atoms with E-state index in [4.69, 9.17) is 9.15 Å². The van der Waals surface area contributed by atoms with Gasteiger partial charge in [0.05, 0.1) is 16.5 Å². The maximum Gasteiger partial charge on any atom is 0.347 e. The van der Waals surface area contributed by atoms with Gasteiger partial charge in [0.2, 0.25) is 5.89 Å². The number of hydrogen-bond donors (Lipinski definition) is 0. The Morgan fingerprint density at radius 2 is 1.81 bits per heavy atom. The van der Waals surface area contributed by atoms with Gasteiger partial charge in [0.1, 0.15) is 5.76 Å². The largest absolute Gasteiger partial charge is 0.423 e. The molecule has 0 aliphatic heterocycles. The smallest absolute Gasteiger partial charge is 0.347 e. The van der Waals surface area contributed by atoms with Crippen LogP contribution < -0.4 is 5.63 Å². The highest BCUT2D eigenvalue weighted by Gasteiger charge is 2.11. The number of rotatable bonds is 5. The number of carbonyl (C=O) groups excluding carboxylic acids is 1. The fourth-order valence-corrected chi connectivity index (χ4v) is 2.32. The summed E-state index contributed by atoms with van der Waals surface area (Å²) in [5.41, 5.74) is 1.01. The minimum atomic E-state index is -0.530. The van der Waals surface area contributed by atoms with Gasteiger partial charge in [0.25, 0.3) is 0 Å². The second-order valence-corrected chi connectivity index (χ2v) is 5.30. The summed E-state index contributed by atoms with van der Waals surface area (Å²) >= 11 is 0. The zero-order valence-electron chi connectivity index (χ0n) is 13.8. The predicted molar refractivity (Wildman–Crippen MR) is 99.6 cm³/mol. The molecule has 1 heterocycles. The van der Waals surface area contributed by atoms with Crippen LogP contribution >= 0.6 is 0 Å². The van der Waals surface area contributed by atoms with Crippen molar-refractivity contribution >= 4 is 16.9 Å². The van der Waals surface area contributed by atoms with Crippen LogP contribution in [0.25, 0.3) is 22.4 Å². The topological polar surface area (TPSA) is 69.4 Å². The third-order valence-electron chi connectivity index (χ3n) is 3.60. The quantitative estimate of drug-likeness (QED) is 0.392. The highest BCUT2D eigenvalue weighted by Crippen LogP contribution is 2.19. The van der Waals surface area contributed by atoms with E-state index >= 15 is 0 Å². The molecule has 128 valence electrons. The molecule has 5 nitrogen and oxygen atoms in total. The summed E-state index contributed by atoms with van der Waals surface area (Å²) in [5.74, 6) is -0.0410. The number of fused-ring (bicyclic) bond motifs is 1. The van der Waals surface area contributed by atoms with Crippen LogP contribution in [0.4, 0.5) is 0 Å². The summed E-state index contributed by atoms with van der Waals surface area (Å²) < 4.78 is 10.5. The van der Waals surface area contributed by atoms with Gasteiger partial charge >= 0.3 is 11.6 Å². The standard InChI is InChI=1S/C21H15NO4/c1-3-7-16(4-2)25-20(23)15-12-10-14(11-13-15)19-22-18-9-6-5-8-17(18)21(24)26-19/h3-13H,1-2H2/b16-7+. The van der Waals surface area contributed by atoms with Gasteiger partial charge < -0.3 is 9.15 Å². The van der Waals surface area contributed by atoms with Crippen molar-refractivity contribution in [2.45, 2.75) is 0 Å². The van der Waals surface area contributed by atoms with Crippen molar-refractivity contribution < 1.29 is 13.9 Å². The molecule has 0 spiro atoms. The van der Waals surface area contributed by atoms with E-state index in [-0.39, 0.29) is 5.89 Å². The van der Waals surface area contributed by atoms with E-state index < -0.39 is 11.6 Å². The van der Waals surface area contributed by atoms with Gasteiger partial charge in [-0.3, -0.25) is 0 Å². The molecule has 3 aromatic rings. The van der Waals surface area contributed by atoms with Crippen LogP contribution in [-0.2, 0) is 4.74 Å². The van der Waals surface area contributed by atoms with Crippen molar-refractivity contribution in [3.05, 3.63) is 102 Å². The molecule has 0 unspecified atom stereocenters. The Bertz CT molecular complexity index is 1080. The molecule has 0 saturated heterocycles. The van der Waals surface area contributed by atoms with E-state index in [9.17, 15) is 9.59 Å². The van der Waals surface area contributed by atoms with Crippen molar-refractivity contribution in [3.63, 3.8) is 0 Å². The number of ether oxygens (including phenoxy) is 1. The van der Waals surface area contributed by atoms with Gasteiger partial charge in [-0.15, -0.1) is 0 Å². The number of nitrogens with zero attached hydrogens (tertiary/aromatic N) is 1. The van der Waals surface area contributed by atoms with Crippen LogP contribution in [0.5, 0.6) is 0 Å². The average molecular weight is 345 g/mol. The normalized spacial score (nSPS) is 11.2. The van der Waals surface area contributed by atoms with Crippen LogP contribution in [-0.4, -0.2) is 11.0 Å². The van der Waals surface area contributed by atoms with E-state index in [1.165, 1.54) is 18.2 Å². The number of aromatic nitrogens is 1. The second kappa shape index (κ2) is 7.44. The lowest BCUT2D eigenvalue weighted by Crippen LogP contribution is -2.05. The molecule has 0 atom stereocenters. The summed E-state index contributed by atoms with van der Waals surface area (Å²) in [7, 11) is 0. The van der Waals surface area contributed by atoms with Gasteiger partial charge in [0, 0.05) is 5.56 Å². The van der Waals surface area contributed by atoms with E-state index in [2.05, 4.69) is 18.1 Å². The molecule has 0 aliphatic rings. The number of para-hydroxylation sites is 1. The summed E-state index contributed by atoms with van der Waals surface area (Å²) in [6.07, 6.45) is 4.45. The van der Waals surface area contributed by atoms with Gasteiger partial charge in [-0.25, -0.2) is 14.6 Å². The van der Waals surface area contributed by atoms with Gasteiger partial charge in [-0.2, -0.15) is 0 Å². The lowest BCUT2D eigenvalue weighted by Gasteiger charge is -2.05.